The average molecular weight is 306 g/mol. The molecule has 0 saturated carbocycles. The smallest absolute Gasteiger partial charge is 0.123 e. The Hall–Kier alpha value is -0.840. The van der Waals surface area contributed by atoms with Crippen molar-refractivity contribution in [2.45, 2.75) is 31.2 Å². The van der Waals surface area contributed by atoms with Crippen LogP contribution in [0, 0.1) is 5.82 Å². The van der Waals surface area contributed by atoms with Crippen LogP contribution >= 0.6 is 11.8 Å². The minimum atomic E-state index is -0.167. The molecule has 0 aliphatic carbocycles. The van der Waals surface area contributed by atoms with E-state index in [2.05, 4.69) is 41.9 Å². The fraction of sp³-hybridized carbons (Fsp3) is 0.529. The molecule has 0 unspecified atom stereocenters. The molecule has 1 saturated heterocycles. The van der Waals surface area contributed by atoms with Gasteiger partial charge in [-0.05, 0) is 37.1 Å². The maximum atomic E-state index is 13.1. The van der Waals surface area contributed by atoms with E-state index in [1.54, 1.807) is 12.1 Å². The number of hydrogen-bond donors (Lipinski definition) is 1. The van der Waals surface area contributed by atoms with E-state index in [4.69, 9.17) is 0 Å². The molecule has 114 valence electrons. The summed E-state index contributed by atoms with van der Waals surface area (Å²) < 4.78 is 13.4. The Morgan fingerprint density at radius 2 is 2.05 bits per heavy atom. The number of thioether (sulfide) groups is 1. The molecule has 2 nitrogen and oxygen atoms in total. The lowest BCUT2D eigenvalue weighted by molar-refractivity contribution is 0.160. The third-order valence-corrected chi connectivity index (χ3v) is 5.52. The number of halogens is 1. The van der Waals surface area contributed by atoms with Gasteiger partial charge in [0.1, 0.15) is 5.82 Å². The SMILES string of the molecule is CC1(C)CN([C@@H]2CC(c3ccc(F)cc3)=CCN2)CCS1. The van der Waals surface area contributed by atoms with Gasteiger partial charge < -0.3 is 0 Å². The van der Waals surface area contributed by atoms with Gasteiger partial charge in [-0.3, -0.25) is 10.2 Å². The first-order valence-electron chi connectivity index (χ1n) is 7.60. The molecule has 1 N–H and O–H groups in total. The Kier molecular flexibility index (Phi) is 4.38. The average Bonchev–Trinajstić information content (AvgIpc) is 2.47. The van der Waals surface area contributed by atoms with Gasteiger partial charge in [-0.15, -0.1) is 0 Å². The fourth-order valence-corrected chi connectivity index (χ4v) is 4.29. The summed E-state index contributed by atoms with van der Waals surface area (Å²) in [6.07, 6.45) is 3.62. The van der Waals surface area contributed by atoms with Crippen LogP contribution in [-0.4, -0.2) is 41.2 Å². The third-order valence-electron chi connectivity index (χ3n) is 4.23. The van der Waals surface area contributed by atoms with Crippen molar-refractivity contribution < 1.29 is 4.39 Å². The zero-order valence-corrected chi connectivity index (χ0v) is 13.5. The van der Waals surface area contributed by atoms with Crippen molar-refractivity contribution in [2.24, 2.45) is 0 Å². The summed E-state index contributed by atoms with van der Waals surface area (Å²) in [5.41, 5.74) is 2.48. The van der Waals surface area contributed by atoms with Crippen molar-refractivity contribution in [3.05, 3.63) is 41.7 Å². The maximum absolute atomic E-state index is 13.1. The van der Waals surface area contributed by atoms with Crippen LogP contribution in [0.1, 0.15) is 25.8 Å². The molecule has 3 rings (SSSR count). The lowest BCUT2D eigenvalue weighted by atomic mass is 9.97. The van der Waals surface area contributed by atoms with E-state index < -0.39 is 0 Å². The zero-order chi connectivity index (χ0) is 14.9. The van der Waals surface area contributed by atoms with Crippen LogP contribution in [0.3, 0.4) is 0 Å². The van der Waals surface area contributed by atoms with Crippen LogP contribution < -0.4 is 5.32 Å². The van der Waals surface area contributed by atoms with Gasteiger partial charge in [0.15, 0.2) is 0 Å². The zero-order valence-electron chi connectivity index (χ0n) is 12.7. The second kappa shape index (κ2) is 6.11. The summed E-state index contributed by atoms with van der Waals surface area (Å²) in [7, 11) is 0. The van der Waals surface area contributed by atoms with Crippen LogP contribution in [0.5, 0.6) is 0 Å². The highest BCUT2D eigenvalue weighted by Gasteiger charge is 2.32. The molecule has 1 aromatic rings. The summed E-state index contributed by atoms with van der Waals surface area (Å²) in [5, 5.41) is 3.60. The summed E-state index contributed by atoms with van der Waals surface area (Å²) in [6.45, 7) is 7.79. The van der Waals surface area contributed by atoms with Gasteiger partial charge in [-0.2, -0.15) is 11.8 Å². The van der Waals surface area contributed by atoms with Crippen LogP contribution in [0.4, 0.5) is 4.39 Å². The molecule has 0 aromatic heterocycles. The Bertz CT molecular complexity index is 524. The lowest BCUT2D eigenvalue weighted by Gasteiger charge is -2.43. The summed E-state index contributed by atoms with van der Waals surface area (Å²) >= 11 is 2.06. The van der Waals surface area contributed by atoms with Crippen molar-refractivity contribution in [1.82, 2.24) is 10.2 Å². The molecule has 21 heavy (non-hydrogen) atoms. The largest absolute Gasteiger partial charge is 0.298 e. The van der Waals surface area contributed by atoms with Crippen molar-refractivity contribution in [3.8, 4) is 0 Å². The van der Waals surface area contributed by atoms with Crippen molar-refractivity contribution >= 4 is 17.3 Å². The topological polar surface area (TPSA) is 15.3 Å². The van der Waals surface area contributed by atoms with Gasteiger partial charge in [0, 0.05) is 36.6 Å². The van der Waals surface area contributed by atoms with Gasteiger partial charge in [0.05, 0.1) is 6.17 Å². The van der Waals surface area contributed by atoms with Gasteiger partial charge in [0.25, 0.3) is 0 Å². The molecule has 2 heterocycles. The number of nitrogens with one attached hydrogen (secondary N) is 1. The van der Waals surface area contributed by atoms with Gasteiger partial charge >= 0.3 is 0 Å². The number of benzene rings is 1. The van der Waals surface area contributed by atoms with E-state index in [0.29, 0.717) is 10.9 Å². The second-order valence-corrected chi connectivity index (χ2v) is 8.25. The van der Waals surface area contributed by atoms with Crippen molar-refractivity contribution in [2.75, 3.05) is 25.4 Å². The van der Waals surface area contributed by atoms with Crippen LogP contribution in [0.15, 0.2) is 30.3 Å². The number of rotatable bonds is 2. The highest BCUT2D eigenvalue weighted by molar-refractivity contribution is 8.00. The quantitative estimate of drug-likeness (QED) is 0.902. The Balaban J connectivity index is 1.70. The van der Waals surface area contributed by atoms with Crippen LogP contribution in [0.2, 0.25) is 0 Å². The van der Waals surface area contributed by atoms with E-state index in [1.807, 2.05) is 12.1 Å². The first kappa shape index (κ1) is 15.1. The molecule has 0 spiro atoms. The first-order valence-corrected chi connectivity index (χ1v) is 8.58. The highest BCUT2D eigenvalue weighted by atomic mass is 32.2. The second-order valence-electron chi connectivity index (χ2n) is 6.44. The van der Waals surface area contributed by atoms with E-state index in [-0.39, 0.29) is 5.82 Å². The molecule has 4 heteroatoms. The first-order chi connectivity index (χ1) is 10.0. The Morgan fingerprint density at radius 1 is 1.29 bits per heavy atom. The molecule has 0 radical (unpaired) electrons. The normalized spacial score (nSPS) is 26.4. The molecular formula is C17H23FN2S. The predicted octanol–water partition coefficient (Wildman–Crippen LogP) is 3.36. The summed E-state index contributed by atoms with van der Waals surface area (Å²) in [4.78, 5) is 2.56. The highest BCUT2D eigenvalue weighted by Crippen LogP contribution is 2.32. The molecule has 1 atom stereocenters. The van der Waals surface area contributed by atoms with E-state index >= 15 is 0 Å². The van der Waals surface area contributed by atoms with Gasteiger partial charge in [-0.25, -0.2) is 4.39 Å². The Morgan fingerprint density at radius 3 is 2.76 bits per heavy atom. The Labute approximate surface area is 130 Å². The summed E-state index contributed by atoms with van der Waals surface area (Å²) in [5.74, 6) is 1.03. The van der Waals surface area contributed by atoms with Crippen molar-refractivity contribution in [3.63, 3.8) is 0 Å². The standard InChI is InChI=1S/C17H23FN2S/c1-17(2)12-20(9-10-21-17)16-11-14(7-8-19-16)13-3-5-15(18)6-4-13/h3-7,16,19H,8-12H2,1-2H3/t16-/m1/s1. The molecule has 2 aliphatic heterocycles. The minimum absolute atomic E-state index is 0.167. The maximum Gasteiger partial charge on any atom is 0.123 e. The van der Waals surface area contributed by atoms with Gasteiger partial charge in [0.2, 0.25) is 0 Å². The lowest BCUT2D eigenvalue weighted by Crippen LogP contribution is -2.54. The van der Waals surface area contributed by atoms with Gasteiger partial charge in [-0.1, -0.05) is 18.2 Å². The fourth-order valence-electron chi connectivity index (χ4n) is 3.16. The number of hydrogen-bond acceptors (Lipinski definition) is 3. The predicted molar refractivity (Wildman–Crippen MR) is 88.9 cm³/mol. The van der Waals surface area contributed by atoms with Crippen molar-refractivity contribution in [1.29, 1.82) is 0 Å². The van der Waals surface area contributed by atoms with Crippen LogP contribution in [-0.2, 0) is 0 Å². The number of nitrogens with zero attached hydrogens (tertiary/aromatic N) is 1. The minimum Gasteiger partial charge on any atom is -0.298 e. The summed E-state index contributed by atoms with van der Waals surface area (Å²) in [6, 6.07) is 6.88. The molecule has 2 aliphatic rings. The molecular weight excluding hydrogens is 283 g/mol. The third kappa shape index (κ3) is 3.68. The molecule has 0 bridgehead atoms. The molecule has 1 fully saturated rings. The van der Waals surface area contributed by atoms with E-state index in [0.717, 1.165) is 31.6 Å². The molecule has 1 aromatic carbocycles. The van der Waals surface area contributed by atoms with Crippen LogP contribution in [0.25, 0.3) is 5.57 Å². The molecule has 0 amide bonds. The van der Waals surface area contributed by atoms with E-state index in [1.165, 1.54) is 11.3 Å². The van der Waals surface area contributed by atoms with E-state index in [9.17, 15) is 4.39 Å². The monoisotopic (exact) mass is 306 g/mol.